The minimum Gasteiger partial charge on any atom is -0.378 e. The summed E-state index contributed by atoms with van der Waals surface area (Å²) in [6.07, 6.45) is -4.38. The van der Waals surface area contributed by atoms with Crippen molar-refractivity contribution in [1.82, 2.24) is 20.3 Å². The number of hydrogen-bond acceptors (Lipinski definition) is 9. The SMILES string of the molecule is FC(F)(F)c1ccc(-c2noc(CSc3nnc(N4CCOCC4)s3)n2)cc1. The van der Waals surface area contributed by atoms with Gasteiger partial charge in [-0.2, -0.15) is 18.2 Å². The van der Waals surface area contributed by atoms with Crippen molar-refractivity contribution in [3.8, 4) is 11.4 Å². The molecule has 1 aliphatic heterocycles. The Balaban J connectivity index is 1.37. The first-order valence-electron chi connectivity index (χ1n) is 8.28. The van der Waals surface area contributed by atoms with E-state index in [-0.39, 0.29) is 5.82 Å². The van der Waals surface area contributed by atoms with E-state index in [1.54, 1.807) is 0 Å². The Hall–Kier alpha value is -2.18. The molecule has 0 atom stereocenters. The summed E-state index contributed by atoms with van der Waals surface area (Å²) in [5, 5.41) is 13.0. The van der Waals surface area contributed by atoms with E-state index >= 15 is 0 Å². The molecule has 3 heterocycles. The summed E-state index contributed by atoms with van der Waals surface area (Å²) in [5.74, 6) is 1.00. The van der Waals surface area contributed by atoms with Crippen molar-refractivity contribution in [2.45, 2.75) is 16.3 Å². The fourth-order valence-corrected chi connectivity index (χ4v) is 4.24. The maximum absolute atomic E-state index is 12.6. The van der Waals surface area contributed by atoms with Gasteiger partial charge in [-0.3, -0.25) is 0 Å². The van der Waals surface area contributed by atoms with E-state index in [0.717, 1.165) is 34.7 Å². The molecule has 0 amide bonds. The molecule has 0 radical (unpaired) electrons. The molecule has 12 heteroatoms. The third kappa shape index (κ3) is 4.45. The largest absolute Gasteiger partial charge is 0.416 e. The number of alkyl halides is 3. The number of nitrogens with zero attached hydrogens (tertiary/aromatic N) is 5. The van der Waals surface area contributed by atoms with Crippen LogP contribution in [0.5, 0.6) is 0 Å². The van der Waals surface area contributed by atoms with E-state index in [9.17, 15) is 13.2 Å². The first-order valence-corrected chi connectivity index (χ1v) is 10.1. The van der Waals surface area contributed by atoms with Gasteiger partial charge >= 0.3 is 6.18 Å². The van der Waals surface area contributed by atoms with Gasteiger partial charge in [0.05, 0.1) is 24.5 Å². The lowest BCUT2D eigenvalue weighted by Crippen LogP contribution is -2.36. The van der Waals surface area contributed by atoms with Crippen LogP contribution in [-0.4, -0.2) is 46.6 Å². The van der Waals surface area contributed by atoms with Gasteiger partial charge in [0.15, 0.2) is 4.34 Å². The first-order chi connectivity index (χ1) is 13.5. The number of morpholine rings is 1. The van der Waals surface area contributed by atoms with E-state index in [0.29, 0.717) is 30.4 Å². The number of rotatable bonds is 5. The van der Waals surface area contributed by atoms with Crippen LogP contribution >= 0.6 is 23.1 Å². The Morgan fingerprint density at radius 2 is 1.86 bits per heavy atom. The standard InChI is InChI=1S/C16H14F3N5O2S2/c17-16(18,19)11-3-1-10(2-4-11)13-20-12(26-23-13)9-27-15-22-21-14(28-15)24-5-7-25-8-6-24/h1-4H,5-9H2. The van der Waals surface area contributed by atoms with Crippen LogP contribution < -0.4 is 4.90 Å². The summed E-state index contributed by atoms with van der Waals surface area (Å²) in [6, 6.07) is 4.64. The smallest absolute Gasteiger partial charge is 0.378 e. The number of halogens is 3. The van der Waals surface area contributed by atoms with Crippen molar-refractivity contribution in [1.29, 1.82) is 0 Å². The second kappa shape index (κ2) is 8.05. The highest BCUT2D eigenvalue weighted by molar-refractivity contribution is 8.00. The summed E-state index contributed by atoms with van der Waals surface area (Å²) >= 11 is 2.90. The van der Waals surface area contributed by atoms with Gasteiger partial charge in [0.25, 0.3) is 0 Å². The predicted molar refractivity (Wildman–Crippen MR) is 97.2 cm³/mol. The Morgan fingerprint density at radius 1 is 1.11 bits per heavy atom. The fourth-order valence-electron chi connectivity index (χ4n) is 2.51. The zero-order valence-electron chi connectivity index (χ0n) is 14.3. The number of thioether (sulfide) groups is 1. The molecule has 3 aromatic rings. The van der Waals surface area contributed by atoms with Gasteiger partial charge < -0.3 is 14.2 Å². The highest BCUT2D eigenvalue weighted by atomic mass is 32.2. The minimum atomic E-state index is -4.38. The maximum Gasteiger partial charge on any atom is 0.416 e. The van der Waals surface area contributed by atoms with Crippen LogP contribution in [0.25, 0.3) is 11.4 Å². The molecule has 0 aliphatic carbocycles. The van der Waals surface area contributed by atoms with Crippen LogP contribution in [0.3, 0.4) is 0 Å². The molecule has 7 nitrogen and oxygen atoms in total. The topological polar surface area (TPSA) is 77.2 Å². The molecule has 148 valence electrons. The van der Waals surface area contributed by atoms with E-state index in [2.05, 4.69) is 25.2 Å². The number of anilines is 1. The molecule has 4 rings (SSSR count). The molecular formula is C16H14F3N5O2S2. The first kappa shape index (κ1) is 19.2. The van der Waals surface area contributed by atoms with Gasteiger partial charge in [0.1, 0.15) is 0 Å². The van der Waals surface area contributed by atoms with Crippen LogP contribution in [0.1, 0.15) is 11.5 Å². The molecule has 28 heavy (non-hydrogen) atoms. The molecule has 0 unspecified atom stereocenters. The molecular weight excluding hydrogens is 415 g/mol. The maximum atomic E-state index is 12.6. The predicted octanol–water partition coefficient (Wildman–Crippen LogP) is 3.74. The normalized spacial score (nSPS) is 15.2. The lowest BCUT2D eigenvalue weighted by Gasteiger charge is -2.25. The number of aromatic nitrogens is 4. The van der Waals surface area contributed by atoms with Crippen LogP contribution in [0.15, 0.2) is 33.1 Å². The fraction of sp³-hybridized carbons (Fsp3) is 0.375. The van der Waals surface area contributed by atoms with Crippen LogP contribution in [0, 0.1) is 0 Å². The summed E-state index contributed by atoms with van der Waals surface area (Å²) in [6.45, 7) is 2.94. The van der Waals surface area contributed by atoms with Crippen LogP contribution in [0.2, 0.25) is 0 Å². The van der Waals surface area contributed by atoms with Crippen LogP contribution in [0.4, 0.5) is 18.3 Å². The average Bonchev–Trinajstić information content (AvgIpc) is 3.36. The molecule has 1 saturated heterocycles. The van der Waals surface area contributed by atoms with Crippen molar-refractivity contribution in [2.75, 3.05) is 31.2 Å². The summed E-state index contributed by atoms with van der Waals surface area (Å²) in [7, 11) is 0. The Morgan fingerprint density at radius 3 is 2.57 bits per heavy atom. The molecule has 2 aromatic heterocycles. The molecule has 0 bridgehead atoms. The summed E-state index contributed by atoms with van der Waals surface area (Å²) in [4.78, 5) is 6.36. The van der Waals surface area contributed by atoms with Crippen molar-refractivity contribution in [3.05, 3.63) is 35.7 Å². The van der Waals surface area contributed by atoms with Gasteiger partial charge in [0, 0.05) is 18.7 Å². The Bertz CT molecular complexity index is 923. The Kier molecular flexibility index (Phi) is 5.51. The highest BCUT2D eigenvalue weighted by Gasteiger charge is 2.30. The van der Waals surface area contributed by atoms with Crippen molar-refractivity contribution < 1.29 is 22.4 Å². The van der Waals surface area contributed by atoms with Crippen molar-refractivity contribution in [3.63, 3.8) is 0 Å². The van der Waals surface area contributed by atoms with Crippen molar-refractivity contribution in [2.24, 2.45) is 0 Å². The third-order valence-corrected chi connectivity index (χ3v) is 6.04. The molecule has 0 spiro atoms. The van der Waals surface area contributed by atoms with Crippen molar-refractivity contribution >= 4 is 28.2 Å². The van der Waals surface area contributed by atoms with Gasteiger partial charge in [-0.1, -0.05) is 40.4 Å². The molecule has 1 fully saturated rings. The zero-order valence-corrected chi connectivity index (χ0v) is 16.0. The lowest BCUT2D eigenvalue weighted by atomic mass is 10.1. The summed E-state index contributed by atoms with van der Waals surface area (Å²) < 4.78 is 49.2. The average molecular weight is 429 g/mol. The van der Waals surface area contributed by atoms with Gasteiger partial charge in [-0.05, 0) is 12.1 Å². The highest BCUT2D eigenvalue weighted by Crippen LogP contribution is 2.32. The number of hydrogen-bond donors (Lipinski definition) is 0. The second-order valence-corrected chi connectivity index (χ2v) is 8.00. The monoisotopic (exact) mass is 429 g/mol. The molecule has 1 aliphatic rings. The van der Waals surface area contributed by atoms with E-state index in [4.69, 9.17) is 9.26 Å². The lowest BCUT2D eigenvalue weighted by molar-refractivity contribution is -0.137. The summed E-state index contributed by atoms with van der Waals surface area (Å²) in [5.41, 5.74) is -0.263. The number of ether oxygens (including phenoxy) is 1. The second-order valence-electron chi connectivity index (χ2n) is 5.83. The van der Waals surface area contributed by atoms with Gasteiger partial charge in [-0.25, -0.2) is 0 Å². The Labute approximate surface area is 165 Å². The molecule has 1 aromatic carbocycles. The third-order valence-electron chi connectivity index (χ3n) is 3.94. The van der Waals surface area contributed by atoms with E-state index in [1.807, 2.05) is 0 Å². The van der Waals surface area contributed by atoms with Gasteiger partial charge in [0.2, 0.25) is 16.8 Å². The quantitative estimate of drug-likeness (QED) is 0.568. The zero-order chi connectivity index (χ0) is 19.6. The van der Waals surface area contributed by atoms with E-state index in [1.165, 1.54) is 35.2 Å². The number of benzene rings is 1. The molecule has 0 N–H and O–H groups in total. The minimum absolute atomic E-state index is 0.246. The van der Waals surface area contributed by atoms with Gasteiger partial charge in [-0.15, -0.1) is 10.2 Å². The van der Waals surface area contributed by atoms with E-state index < -0.39 is 11.7 Å². The molecule has 0 saturated carbocycles. The van der Waals surface area contributed by atoms with Crippen LogP contribution in [-0.2, 0) is 16.7 Å².